The van der Waals surface area contributed by atoms with Gasteiger partial charge in [-0.3, -0.25) is 4.98 Å². The molecule has 4 rings (SSSR count). The van der Waals surface area contributed by atoms with Crippen molar-refractivity contribution in [2.75, 3.05) is 5.32 Å². The van der Waals surface area contributed by atoms with Crippen molar-refractivity contribution >= 4 is 16.7 Å². The number of aromatic nitrogens is 3. The number of pyridine rings is 3. The highest BCUT2D eigenvalue weighted by Crippen LogP contribution is 2.37. The number of aryl methyl sites for hydroxylation is 1. The Labute approximate surface area is 156 Å². The Hall–Kier alpha value is -3.67. The van der Waals surface area contributed by atoms with Crippen LogP contribution in [0.4, 0.5) is 5.82 Å². The van der Waals surface area contributed by atoms with Crippen molar-refractivity contribution in [2.45, 2.75) is 13.0 Å². The molecule has 1 atom stereocenters. The van der Waals surface area contributed by atoms with Crippen LogP contribution in [-0.2, 0) is 0 Å². The summed E-state index contributed by atoms with van der Waals surface area (Å²) in [6.45, 7) is 1.88. The zero-order chi connectivity index (χ0) is 18.8. The lowest BCUT2D eigenvalue weighted by Crippen LogP contribution is -2.14. The highest BCUT2D eigenvalue weighted by molar-refractivity contribution is 5.86. The Balaban J connectivity index is 1.87. The van der Waals surface area contributed by atoms with Crippen LogP contribution in [0.3, 0.4) is 0 Å². The maximum absolute atomic E-state index is 10.9. The second-order valence-electron chi connectivity index (χ2n) is 6.26. The van der Waals surface area contributed by atoms with E-state index < -0.39 is 6.04 Å². The number of hydrogen-bond acceptors (Lipinski definition) is 6. The summed E-state index contributed by atoms with van der Waals surface area (Å²) in [5.41, 5.74) is 2.81. The molecule has 0 bridgehead atoms. The van der Waals surface area contributed by atoms with E-state index in [1.165, 1.54) is 0 Å². The molecule has 6 heteroatoms. The van der Waals surface area contributed by atoms with E-state index in [0.29, 0.717) is 16.9 Å². The lowest BCUT2D eigenvalue weighted by atomic mass is 9.97. The first-order valence-corrected chi connectivity index (χ1v) is 8.53. The van der Waals surface area contributed by atoms with Gasteiger partial charge in [0.15, 0.2) is 11.6 Å². The summed E-state index contributed by atoms with van der Waals surface area (Å²) in [4.78, 5) is 12.9. The van der Waals surface area contributed by atoms with E-state index >= 15 is 0 Å². The van der Waals surface area contributed by atoms with Gasteiger partial charge in [-0.2, -0.15) is 0 Å². The monoisotopic (exact) mass is 358 g/mol. The number of fused-ring (bicyclic) bond motifs is 1. The second kappa shape index (κ2) is 6.92. The summed E-state index contributed by atoms with van der Waals surface area (Å²) in [6.07, 6.45) is 4.99. The molecule has 0 aliphatic heterocycles. The van der Waals surface area contributed by atoms with Gasteiger partial charge >= 0.3 is 0 Å². The van der Waals surface area contributed by atoms with E-state index in [0.717, 1.165) is 16.6 Å². The number of anilines is 1. The number of aromatic hydroxyl groups is 2. The van der Waals surface area contributed by atoms with Crippen LogP contribution in [0.15, 0.2) is 67.1 Å². The van der Waals surface area contributed by atoms with Gasteiger partial charge in [-0.25, -0.2) is 9.97 Å². The van der Waals surface area contributed by atoms with Crippen molar-refractivity contribution in [3.63, 3.8) is 0 Å². The first kappa shape index (κ1) is 16.8. The third kappa shape index (κ3) is 3.25. The van der Waals surface area contributed by atoms with Crippen LogP contribution in [0.2, 0.25) is 0 Å². The van der Waals surface area contributed by atoms with Gasteiger partial charge in [-0.15, -0.1) is 0 Å². The summed E-state index contributed by atoms with van der Waals surface area (Å²) < 4.78 is 0. The van der Waals surface area contributed by atoms with Gasteiger partial charge in [-0.05, 0) is 36.8 Å². The maximum Gasteiger partial charge on any atom is 0.169 e. The average molecular weight is 358 g/mol. The van der Waals surface area contributed by atoms with Gasteiger partial charge in [0.1, 0.15) is 11.3 Å². The van der Waals surface area contributed by atoms with E-state index in [9.17, 15) is 10.2 Å². The summed E-state index contributed by atoms with van der Waals surface area (Å²) in [5.74, 6) is 0.441. The Kier molecular flexibility index (Phi) is 4.30. The van der Waals surface area contributed by atoms with Crippen molar-refractivity contribution in [3.05, 3.63) is 83.9 Å². The molecule has 0 saturated carbocycles. The molecule has 6 nitrogen and oxygen atoms in total. The number of hydrogen-bond donors (Lipinski definition) is 3. The zero-order valence-corrected chi connectivity index (χ0v) is 14.7. The van der Waals surface area contributed by atoms with E-state index in [1.807, 2.05) is 43.3 Å². The molecule has 0 radical (unpaired) electrons. The SMILES string of the molecule is Cc1ccc2ccc(C(Nc3ncccc3O)c3cccnc3)c(O)c2n1. The Bertz CT molecular complexity index is 1100. The summed E-state index contributed by atoms with van der Waals surface area (Å²) in [6, 6.07) is 14.1. The minimum Gasteiger partial charge on any atom is -0.505 e. The largest absolute Gasteiger partial charge is 0.505 e. The lowest BCUT2D eigenvalue weighted by Gasteiger charge is -2.22. The Morgan fingerprint density at radius 3 is 2.56 bits per heavy atom. The van der Waals surface area contributed by atoms with Crippen LogP contribution in [0.5, 0.6) is 11.5 Å². The number of rotatable bonds is 4. The number of phenolic OH excluding ortho intramolecular Hbond substituents is 1. The van der Waals surface area contributed by atoms with Gasteiger partial charge in [0.25, 0.3) is 0 Å². The van der Waals surface area contributed by atoms with Crippen LogP contribution in [0, 0.1) is 6.92 Å². The molecule has 0 spiro atoms. The molecule has 1 unspecified atom stereocenters. The first-order chi connectivity index (χ1) is 13.1. The van der Waals surface area contributed by atoms with Crippen LogP contribution < -0.4 is 5.32 Å². The van der Waals surface area contributed by atoms with Gasteiger partial charge in [0.2, 0.25) is 0 Å². The molecule has 1 aromatic carbocycles. The minimum absolute atomic E-state index is 0.0284. The molecule has 3 aromatic heterocycles. The van der Waals surface area contributed by atoms with Crippen LogP contribution in [0.25, 0.3) is 10.9 Å². The Morgan fingerprint density at radius 2 is 1.78 bits per heavy atom. The maximum atomic E-state index is 10.9. The molecule has 0 aliphatic carbocycles. The number of phenols is 1. The molecule has 0 fully saturated rings. The number of nitrogens with one attached hydrogen (secondary N) is 1. The fourth-order valence-electron chi connectivity index (χ4n) is 3.05. The highest BCUT2D eigenvalue weighted by Gasteiger charge is 2.21. The average Bonchev–Trinajstić information content (AvgIpc) is 2.69. The number of nitrogens with zero attached hydrogens (tertiary/aromatic N) is 3. The van der Waals surface area contributed by atoms with Crippen LogP contribution >= 0.6 is 0 Å². The van der Waals surface area contributed by atoms with Gasteiger partial charge in [0, 0.05) is 35.2 Å². The van der Waals surface area contributed by atoms with Crippen molar-refractivity contribution in [3.8, 4) is 11.5 Å². The second-order valence-corrected chi connectivity index (χ2v) is 6.26. The molecule has 3 N–H and O–H groups in total. The molecular formula is C21H18N4O2. The van der Waals surface area contributed by atoms with Crippen molar-refractivity contribution in [1.29, 1.82) is 0 Å². The lowest BCUT2D eigenvalue weighted by molar-refractivity contribution is 0.468. The molecule has 134 valence electrons. The fraction of sp³-hybridized carbons (Fsp3) is 0.0952. The standard InChI is InChI=1S/C21H18N4O2/c1-13-6-7-14-8-9-16(20(27)19(14)24-13)18(15-4-2-10-22-12-15)25-21-17(26)5-3-11-23-21/h2-12,18,26-27H,1H3,(H,23,25). The minimum atomic E-state index is -0.466. The molecule has 3 heterocycles. The van der Waals surface area contributed by atoms with Gasteiger partial charge in [0.05, 0.1) is 6.04 Å². The van der Waals surface area contributed by atoms with Crippen molar-refractivity contribution in [1.82, 2.24) is 15.0 Å². The molecular weight excluding hydrogens is 340 g/mol. The van der Waals surface area contributed by atoms with Crippen molar-refractivity contribution in [2.24, 2.45) is 0 Å². The zero-order valence-electron chi connectivity index (χ0n) is 14.7. The predicted octanol–water partition coefficient (Wildman–Crippen LogP) is 3.95. The predicted molar refractivity (Wildman–Crippen MR) is 104 cm³/mol. The molecule has 0 amide bonds. The van der Waals surface area contributed by atoms with Crippen LogP contribution in [-0.4, -0.2) is 25.2 Å². The van der Waals surface area contributed by atoms with Crippen molar-refractivity contribution < 1.29 is 10.2 Å². The van der Waals surface area contributed by atoms with Crippen LogP contribution in [0.1, 0.15) is 22.9 Å². The molecule has 0 saturated heterocycles. The third-order valence-electron chi connectivity index (χ3n) is 4.40. The molecule has 0 aliphatic rings. The third-order valence-corrected chi connectivity index (χ3v) is 4.40. The summed E-state index contributed by atoms with van der Waals surface area (Å²) in [7, 11) is 0. The molecule has 4 aromatic rings. The topological polar surface area (TPSA) is 91.2 Å². The Morgan fingerprint density at radius 1 is 0.963 bits per heavy atom. The number of benzene rings is 1. The van der Waals surface area contributed by atoms with Gasteiger partial charge in [-0.1, -0.05) is 24.3 Å². The summed E-state index contributed by atoms with van der Waals surface area (Å²) >= 11 is 0. The fourth-order valence-corrected chi connectivity index (χ4v) is 3.05. The van der Waals surface area contributed by atoms with E-state index in [4.69, 9.17) is 0 Å². The normalized spacial score (nSPS) is 12.0. The van der Waals surface area contributed by atoms with E-state index in [-0.39, 0.29) is 11.5 Å². The highest BCUT2D eigenvalue weighted by atomic mass is 16.3. The first-order valence-electron chi connectivity index (χ1n) is 8.53. The molecule has 27 heavy (non-hydrogen) atoms. The quantitative estimate of drug-likeness (QED) is 0.512. The van der Waals surface area contributed by atoms with E-state index in [2.05, 4.69) is 20.3 Å². The van der Waals surface area contributed by atoms with Gasteiger partial charge < -0.3 is 15.5 Å². The smallest absolute Gasteiger partial charge is 0.169 e. The summed E-state index contributed by atoms with van der Waals surface area (Å²) in [5, 5.41) is 25.1. The van der Waals surface area contributed by atoms with E-state index in [1.54, 1.807) is 30.7 Å².